The molecule has 0 aromatic carbocycles. The van der Waals surface area contributed by atoms with Crippen molar-refractivity contribution < 1.29 is 14.3 Å². The molecule has 0 aromatic rings. The first-order valence-electron chi connectivity index (χ1n) is 7.81. The van der Waals surface area contributed by atoms with Crippen molar-refractivity contribution in [1.29, 1.82) is 0 Å². The van der Waals surface area contributed by atoms with Crippen molar-refractivity contribution in [3.8, 4) is 0 Å². The van der Waals surface area contributed by atoms with Gasteiger partial charge in [-0.25, -0.2) is 0 Å². The van der Waals surface area contributed by atoms with Crippen LogP contribution in [-0.2, 0) is 14.3 Å². The highest BCUT2D eigenvalue weighted by molar-refractivity contribution is 7.99. The first kappa shape index (κ1) is 18.3. The van der Waals surface area contributed by atoms with Gasteiger partial charge in [-0.2, -0.15) is 11.8 Å². The lowest BCUT2D eigenvalue weighted by Gasteiger charge is -2.31. The van der Waals surface area contributed by atoms with E-state index in [1.165, 1.54) is 31.0 Å². The van der Waals surface area contributed by atoms with Crippen LogP contribution in [0.5, 0.6) is 0 Å². The zero-order chi connectivity index (χ0) is 15.7. The Morgan fingerprint density at radius 1 is 1.33 bits per heavy atom. The van der Waals surface area contributed by atoms with Gasteiger partial charge in [0.1, 0.15) is 6.04 Å². The van der Waals surface area contributed by atoms with Crippen molar-refractivity contribution in [1.82, 2.24) is 4.90 Å². The number of hydrogen-bond acceptors (Lipinski definition) is 5. The number of esters is 1. The van der Waals surface area contributed by atoms with Crippen molar-refractivity contribution in [2.45, 2.75) is 57.5 Å². The fraction of sp³-hybridized carbons (Fsp3) is 0.867. The van der Waals surface area contributed by atoms with Crippen molar-refractivity contribution in [3.05, 3.63) is 0 Å². The molecule has 21 heavy (non-hydrogen) atoms. The standard InChI is InChI=1S/C15H28N2O3S/c1-3-20-15(19)13(16)9-10-21-11-14(18)17(2)12-7-5-4-6-8-12/h12-13H,3-11,16H2,1-2H3. The third kappa shape index (κ3) is 6.70. The van der Waals surface area contributed by atoms with E-state index in [1.54, 1.807) is 6.92 Å². The van der Waals surface area contributed by atoms with Gasteiger partial charge < -0.3 is 15.4 Å². The number of nitrogens with zero attached hydrogens (tertiary/aromatic N) is 1. The zero-order valence-electron chi connectivity index (χ0n) is 13.2. The highest BCUT2D eigenvalue weighted by Crippen LogP contribution is 2.22. The fourth-order valence-corrected chi connectivity index (χ4v) is 3.45. The molecule has 122 valence electrons. The third-order valence-electron chi connectivity index (χ3n) is 3.90. The Balaban J connectivity index is 2.16. The summed E-state index contributed by atoms with van der Waals surface area (Å²) >= 11 is 1.54. The van der Waals surface area contributed by atoms with Gasteiger partial charge in [0.05, 0.1) is 12.4 Å². The molecule has 1 rings (SSSR count). The summed E-state index contributed by atoms with van der Waals surface area (Å²) in [6, 6.07) is -0.169. The molecule has 0 saturated heterocycles. The van der Waals surface area contributed by atoms with Crippen LogP contribution in [0.2, 0.25) is 0 Å². The number of nitrogens with two attached hydrogens (primary N) is 1. The molecule has 0 aliphatic heterocycles. The molecule has 0 spiro atoms. The van der Waals surface area contributed by atoms with E-state index in [1.807, 2.05) is 11.9 Å². The lowest BCUT2D eigenvalue weighted by molar-refractivity contribution is -0.144. The molecule has 2 N–H and O–H groups in total. The summed E-state index contributed by atoms with van der Waals surface area (Å²) in [6.45, 7) is 2.11. The zero-order valence-corrected chi connectivity index (χ0v) is 14.0. The SMILES string of the molecule is CCOC(=O)C(N)CCSCC(=O)N(C)C1CCCCC1. The summed E-state index contributed by atoms with van der Waals surface area (Å²) in [7, 11) is 1.91. The molecule has 1 unspecified atom stereocenters. The number of ether oxygens (including phenoxy) is 1. The smallest absolute Gasteiger partial charge is 0.322 e. The highest BCUT2D eigenvalue weighted by atomic mass is 32.2. The van der Waals surface area contributed by atoms with Crippen LogP contribution in [0.3, 0.4) is 0 Å². The van der Waals surface area contributed by atoms with Gasteiger partial charge in [0.25, 0.3) is 0 Å². The first-order chi connectivity index (χ1) is 10.1. The van der Waals surface area contributed by atoms with E-state index < -0.39 is 6.04 Å². The topological polar surface area (TPSA) is 72.6 Å². The molecule has 0 heterocycles. The number of hydrogen-bond donors (Lipinski definition) is 1. The first-order valence-corrected chi connectivity index (χ1v) is 8.97. The molecule has 1 atom stereocenters. The van der Waals surface area contributed by atoms with Gasteiger partial charge >= 0.3 is 5.97 Å². The number of amides is 1. The molecule has 5 nitrogen and oxygen atoms in total. The minimum absolute atomic E-state index is 0.177. The molecule has 1 aliphatic rings. The molecule has 0 radical (unpaired) electrons. The maximum absolute atomic E-state index is 12.1. The predicted octanol–water partition coefficient (Wildman–Crippen LogP) is 1.79. The lowest BCUT2D eigenvalue weighted by atomic mass is 9.94. The molecular formula is C15H28N2O3S. The Labute approximate surface area is 132 Å². The predicted molar refractivity (Wildman–Crippen MR) is 86.2 cm³/mol. The van der Waals surface area contributed by atoms with Gasteiger partial charge in [-0.15, -0.1) is 0 Å². The molecular weight excluding hydrogens is 288 g/mol. The van der Waals surface area contributed by atoms with Crippen molar-refractivity contribution in [2.24, 2.45) is 5.73 Å². The van der Waals surface area contributed by atoms with Crippen LogP contribution >= 0.6 is 11.8 Å². The normalized spacial score (nSPS) is 17.3. The lowest BCUT2D eigenvalue weighted by Crippen LogP contribution is -2.39. The van der Waals surface area contributed by atoms with Gasteiger partial charge in [-0.05, 0) is 31.9 Å². The van der Waals surface area contributed by atoms with E-state index in [2.05, 4.69) is 0 Å². The van der Waals surface area contributed by atoms with Gasteiger partial charge in [0, 0.05) is 13.1 Å². The number of carbonyl (C=O) groups is 2. The number of carbonyl (C=O) groups excluding carboxylic acids is 2. The second kappa shape index (κ2) is 10.1. The third-order valence-corrected chi connectivity index (χ3v) is 4.88. The second-order valence-corrected chi connectivity index (χ2v) is 6.60. The molecule has 1 fully saturated rings. The summed E-state index contributed by atoms with van der Waals surface area (Å²) in [4.78, 5) is 25.4. The van der Waals surface area contributed by atoms with Gasteiger partial charge in [0.15, 0.2) is 0 Å². The van der Waals surface area contributed by atoms with Gasteiger partial charge in [-0.3, -0.25) is 9.59 Å². The quantitative estimate of drug-likeness (QED) is 0.546. The summed E-state index contributed by atoms with van der Waals surface area (Å²) in [5.41, 5.74) is 5.71. The highest BCUT2D eigenvalue weighted by Gasteiger charge is 2.22. The van der Waals surface area contributed by atoms with Crippen LogP contribution in [0.25, 0.3) is 0 Å². The Bertz CT molecular complexity index is 333. The maximum Gasteiger partial charge on any atom is 0.322 e. The Hall–Kier alpha value is -0.750. The summed E-state index contributed by atoms with van der Waals surface area (Å²) in [5.74, 6) is 0.979. The minimum atomic E-state index is -0.580. The Morgan fingerprint density at radius 3 is 2.62 bits per heavy atom. The average Bonchev–Trinajstić information content (AvgIpc) is 2.51. The summed E-state index contributed by atoms with van der Waals surface area (Å²) < 4.78 is 4.85. The molecule has 1 saturated carbocycles. The monoisotopic (exact) mass is 316 g/mol. The van der Waals surface area contributed by atoms with E-state index in [0.29, 0.717) is 30.6 Å². The molecule has 0 aromatic heterocycles. The molecule has 0 bridgehead atoms. The maximum atomic E-state index is 12.1. The summed E-state index contributed by atoms with van der Waals surface area (Å²) in [5, 5.41) is 0. The van der Waals surface area contributed by atoms with Crippen LogP contribution in [0.1, 0.15) is 45.4 Å². The molecule has 1 aliphatic carbocycles. The van der Waals surface area contributed by atoms with E-state index in [4.69, 9.17) is 10.5 Å². The van der Waals surface area contributed by atoms with Gasteiger partial charge in [0.2, 0.25) is 5.91 Å². The number of thioether (sulfide) groups is 1. The fourth-order valence-electron chi connectivity index (χ4n) is 2.51. The van der Waals surface area contributed by atoms with Crippen LogP contribution < -0.4 is 5.73 Å². The van der Waals surface area contributed by atoms with Gasteiger partial charge in [-0.1, -0.05) is 19.3 Å². The summed E-state index contributed by atoms with van der Waals surface area (Å²) in [6.07, 6.45) is 6.54. The average molecular weight is 316 g/mol. The van der Waals surface area contributed by atoms with E-state index in [0.717, 1.165) is 12.8 Å². The van der Waals surface area contributed by atoms with E-state index >= 15 is 0 Å². The van der Waals surface area contributed by atoms with Crippen molar-refractivity contribution >= 4 is 23.6 Å². The van der Waals surface area contributed by atoms with Crippen LogP contribution in [0.4, 0.5) is 0 Å². The van der Waals surface area contributed by atoms with E-state index in [-0.39, 0.29) is 11.9 Å². The molecule has 6 heteroatoms. The molecule has 1 amide bonds. The Kier molecular flexibility index (Phi) is 8.76. The Morgan fingerprint density at radius 2 is 2.00 bits per heavy atom. The minimum Gasteiger partial charge on any atom is -0.465 e. The van der Waals surface area contributed by atoms with Crippen molar-refractivity contribution in [3.63, 3.8) is 0 Å². The second-order valence-electron chi connectivity index (χ2n) is 5.50. The van der Waals surface area contributed by atoms with E-state index in [9.17, 15) is 9.59 Å². The largest absolute Gasteiger partial charge is 0.465 e. The van der Waals surface area contributed by atoms with Crippen LogP contribution in [-0.4, -0.2) is 54.0 Å². The number of rotatable bonds is 8. The van der Waals surface area contributed by atoms with Crippen molar-refractivity contribution in [2.75, 3.05) is 25.2 Å². The van der Waals surface area contributed by atoms with Crippen LogP contribution in [0.15, 0.2) is 0 Å². The van der Waals surface area contributed by atoms with Crippen LogP contribution in [0, 0.1) is 0 Å².